The molecule has 0 aliphatic carbocycles. The Hall–Kier alpha value is -0.270. The highest BCUT2D eigenvalue weighted by molar-refractivity contribution is 7.89. The summed E-state index contributed by atoms with van der Waals surface area (Å²) in [7, 11) is -4.53. The number of halogens is 2. The third-order valence-corrected chi connectivity index (χ3v) is 3.71. The fraction of sp³-hybridized carbons (Fsp3) is 1.00. The molecule has 1 fully saturated rings. The van der Waals surface area contributed by atoms with Gasteiger partial charge in [0.05, 0.1) is 5.60 Å². The van der Waals surface area contributed by atoms with Crippen molar-refractivity contribution in [3.63, 3.8) is 0 Å². The van der Waals surface area contributed by atoms with Crippen molar-refractivity contribution in [1.29, 1.82) is 0 Å². The SMILES string of the molecule is CC1(O)CCCN(S(=O)(=O)C(F)F)C1. The third-order valence-electron chi connectivity index (χ3n) is 2.22. The molecule has 1 aliphatic heterocycles. The minimum Gasteiger partial charge on any atom is -0.389 e. The lowest BCUT2D eigenvalue weighted by Crippen LogP contribution is -2.49. The van der Waals surface area contributed by atoms with Crippen LogP contribution in [0, 0.1) is 0 Å². The number of aliphatic hydroxyl groups is 1. The van der Waals surface area contributed by atoms with E-state index in [0.717, 1.165) is 0 Å². The predicted octanol–water partition coefficient (Wildman–Crippen LogP) is 0.386. The van der Waals surface area contributed by atoms with Gasteiger partial charge in [0.25, 0.3) is 10.0 Å². The Bertz CT molecular complexity index is 302. The van der Waals surface area contributed by atoms with Gasteiger partial charge in [0.15, 0.2) is 0 Å². The van der Waals surface area contributed by atoms with E-state index in [2.05, 4.69) is 0 Å². The number of β-amino-alcohol motifs (C(OH)–C–C–N with tert-alkyl or cyclic N) is 1. The van der Waals surface area contributed by atoms with Crippen LogP contribution in [0.25, 0.3) is 0 Å². The summed E-state index contributed by atoms with van der Waals surface area (Å²) in [4.78, 5) is 0. The van der Waals surface area contributed by atoms with Gasteiger partial charge in [0.1, 0.15) is 0 Å². The van der Waals surface area contributed by atoms with Crippen molar-refractivity contribution in [2.24, 2.45) is 0 Å². The maximum absolute atomic E-state index is 12.1. The van der Waals surface area contributed by atoms with Crippen LogP contribution in [0.5, 0.6) is 0 Å². The number of sulfonamides is 1. The molecule has 1 N–H and O–H groups in total. The molecule has 0 aromatic carbocycles. The van der Waals surface area contributed by atoms with E-state index in [-0.39, 0.29) is 13.1 Å². The molecule has 0 spiro atoms. The molecule has 0 radical (unpaired) electrons. The van der Waals surface area contributed by atoms with Crippen molar-refractivity contribution in [3.05, 3.63) is 0 Å². The summed E-state index contributed by atoms with van der Waals surface area (Å²) in [5.74, 6) is -3.41. The highest BCUT2D eigenvalue weighted by Gasteiger charge is 2.39. The molecule has 7 heteroatoms. The molecular weight excluding hydrogens is 216 g/mol. The zero-order valence-electron chi connectivity index (χ0n) is 7.78. The minimum atomic E-state index is -4.53. The van der Waals surface area contributed by atoms with Crippen LogP contribution in [-0.2, 0) is 10.0 Å². The molecule has 1 heterocycles. The molecule has 0 aromatic rings. The molecule has 14 heavy (non-hydrogen) atoms. The maximum Gasteiger partial charge on any atom is 0.350 e. The summed E-state index contributed by atoms with van der Waals surface area (Å²) >= 11 is 0. The van der Waals surface area contributed by atoms with E-state index >= 15 is 0 Å². The summed E-state index contributed by atoms with van der Waals surface area (Å²) < 4.78 is 47.0. The molecule has 1 aliphatic rings. The average Bonchev–Trinajstić information content (AvgIpc) is 2.02. The first-order valence-corrected chi connectivity index (χ1v) is 5.75. The molecule has 1 rings (SSSR count). The van der Waals surface area contributed by atoms with E-state index in [9.17, 15) is 22.3 Å². The van der Waals surface area contributed by atoms with Gasteiger partial charge in [0.2, 0.25) is 0 Å². The molecule has 0 bridgehead atoms. The smallest absolute Gasteiger partial charge is 0.350 e. The van der Waals surface area contributed by atoms with E-state index in [1.807, 2.05) is 0 Å². The van der Waals surface area contributed by atoms with Crippen LogP contribution in [-0.4, -0.2) is 42.3 Å². The first-order valence-electron chi connectivity index (χ1n) is 4.25. The standard InChI is InChI=1S/C7H13F2NO3S/c1-7(11)3-2-4-10(5-7)14(12,13)6(8)9/h6,11H,2-5H2,1H3. The predicted molar refractivity (Wildman–Crippen MR) is 46.4 cm³/mol. The summed E-state index contributed by atoms with van der Waals surface area (Å²) in [6.07, 6.45) is 0.835. The zero-order chi connectivity index (χ0) is 11.0. The maximum atomic E-state index is 12.1. The molecule has 0 aromatic heterocycles. The van der Waals surface area contributed by atoms with Crippen molar-refractivity contribution >= 4 is 10.0 Å². The highest BCUT2D eigenvalue weighted by atomic mass is 32.2. The third kappa shape index (κ3) is 2.40. The second-order valence-corrected chi connectivity index (χ2v) is 5.64. The Balaban J connectivity index is 2.80. The molecule has 1 unspecified atom stereocenters. The Morgan fingerprint density at radius 2 is 2.07 bits per heavy atom. The monoisotopic (exact) mass is 229 g/mol. The Kier molecular flexibility index (Phi) is 3.13. The largest absolute Gasteiger partial charge is 0.389 e. The van der Waals surface area contributed by atoms with Gasteiger partial charge in [-0.2, -0.15) is 13.1 Å². The van der Waals surface area contributed by atoms with Gasteiger partial charge >= 0.3 is 5.76 Å². The van der Waals surface area contributed by atoms with Crippen LogP contribution < -0.4 is 0 Å². The molecule has 0 amide bonds. The molecule has 84 valence electrons. The first-order chi connectivity index (χ1) is 6.26. The fourth-order valence-corrected chi connectivity index (χ4v) is 2.57. The Morgan fingerprint density at radius 1 is 1.50 bits per heavy atom. The van der Waals surface area contributed by atoms with Gasteiger partial charge < -0.3 is 5.11 Å². The van der Waals surface area contributed by atoms with Gasteiger partial charge in [-0.15, -0.1) is 0 Å². The average molecular weight is 229 g/mol. The van der Waals surface area contributed by atoms with Crippen molar-refractivity contribution in [2.45, 2.75) is 31.1 Å². The number of hydrogen-bond donors (Lipinski definition) is 1. The molecule has 1 saturated heterocycles. The van der Waals surface area contributed by atoms with Crippen LogP contribution in [0.15, 0.2) is 0 Å². The fourth-order valence-electron chi connectivity index (χ4n) is 1.50. The molecule has 1 atom stereocenters. The lowest BCUT2D eigenvalue weighted by atomic mass is 9.97. The van der Waals surface area contributed by atoms with E-state index in [0.29, 0.717) is 17.1 Å². The highest BCUT2D eigenvalue weighted by Crippen LogP contribution is 2.24. The van der Waals surface area contributed by atoms with Gasteiger partial charge in [-0.25, -0.2) is 8.42 Å². The van der Waals surface area contributed by atoms with E-state index in [4.69, 9.17) is 0 Å². The first kappa shape index (κ1) is 11.8. The second kappa shape index (κ2) is 3.71. The number of rotatable bonds is 2. The summed E-state index contributed by atoms with van der Waals surface area (Å²) in [5.41, 5.74) is -1.19. The van der Waals surface area contributed by atoms with Gasteiger partial charge in [-0.3, -0.25) is 0 Å². The second-order valence-electron chi connectivity index (χ2n) is 3.74. The van der Waals surface area contributed by atoms with Crippen molar-refractivity contribution in [2.75, 3.05) is 13.1 Å². The minimum absolute atomic E-state index is 0.0584. The van der Waals surface area contributed by atoms with E-state index in [1.54, 1.807) is 0 Å². The lowest BCUT2D eigenvalue weighted by molar-refractivity contribution is 0.00769. The van der Waals surface area contributed by atoms with Gasteiger partial charge in [-0.05, 0) is 19.8 Å². The van der Waals surface area contributed by atoms with Crippen LogP contribution in [0.1, 0.15) is 19.8 Å². The van der Waals surface area contributed by atoms with E-state index in [1.165, 1.54) is 6.92 Å². The number of alkyl halides is 2. The Morgan fingerprint density at radius 3 is 2.50 bits per heavy atom. The summed E-state index contributed by atoms with van der Waals surface area (Å²) in [6, 6.07) is 0. The zero-order valence-corrected chi connectivity index (χ0v) is 8.60. The van der Waals surface area contributed by atoms with Crippen molar-refractivity contribution in [1.82, 2.24) is 4.31 Å². The molecular formula is C7H13F2NO3S. The Labute approximate surface area is 81.6 Å². The van der Waals surface area contributed by atoms with Crippen LogP contribution in [0.3, 0.4) is 0 Å². The van der Waals surface area contributed by atoms with Crippen LogP contribution in [0.4, 0.5) is 8.78 Å². The normalized spacial score (nSPS) is 30.9. The van der Waals surface area contributed by atoms with Gasteiger partial charge in [-0.1, -0.05) is 0 Å². The quantitative estimate of drug-likeness (QED) is 0.745. The van der Waals surface area contributed by atoms with Crippen LogP contribution >= 0.6 is 0 Å². The summed E-state index contributed by atoms with van der Waals surface area (Å²) in [5, 5.41) is 9.54. The van der Waals surface area contributed by atoms with E-state index < -0.39 is 21.4 Å². The van der Waals surface area contributed by atoms with Gasteiger partial charge in [0, 0.05) is 13.1 Å². The van der Waals surface area contributed by atoms with Crippen molar-refractivity contribution < 1.29 is 22.3 Å². The lowest BCUT2D eigenvalue weighted by Gasteiger charge is -2.35. The number of hydrogen-bond acceptors (Lipinski definition) is 3. The topological polar surface area (TPSA) is 57.6 Å². The molecule has 4 nitrogen and oxygen atoms in total. The molecule has 0 saturated carbocycles. The van der Waals surface area contributed by atoms with Crippen molar-refractivity contribution in [3.8, 4) is 0 Å². The number of nitrogens with zero attached hydrogens (tertiary/aromatic N) is 1. The summed E-state index contributed by atoms with van der Waals surface area (Å²) in [6.45, 7) is 1.25. The van der Waals surface area contributed by atoms with Crippen LogP contribution in [0.2, 0.25) is 0 Å². The number of piperidine rings is 1.